The van der Waals surface area contributed by atoms with Gasteiger partial charge in [0, 0.05) is 5.41 Å². The van der Waals surface area contributed by atoms with Crippen molar-refractivity contribution in [3.05, 3.63) is 175 Å². The predicted octanol–water partition coefficient (Wildman–Crippen LogP) is 13.6. The van der Waals surface area contributed by atoms with Gasteiger partial charge in [0.25, 0.3) is 0 Å². The molecule has 0 fully saturated rings. The second-order valence-corrected chi connectivity index (χ2v) is 14.5. The largest absolute Gasteiger partial charge is 0.497 e. The first-order valence-corrected chi connectivity index (χ1v) is 17.8. The van der Waals surface area contributed by atoms with E-state index in [0.29, 0.717) is 0 Å². The molecule has 0 heterocycles. The summed E-state index contributed by atoms with van der Waals surface area (Å²) in [7, 11) is 1.72. The van der Waals surface area contributed by atoms with E-state index in [4.69, 9.17) is 4.74 Å². The minimum absolute atomic E-state index is 0.184. The van der Waals surface area contributed by atoms with Crippen LogP contribution in [0.1, 0.15) is 25.0 Å². The van der Waals surface area contributed by atoms with E-state index in [-0.39, 0.29) is 5.41 Å². The summed E-state index contributed by atoms with van der Waals surface area (Å²) in [6.07, 6.45) is 0. The molecule has 1 aliphatic rings. The van der Waals surface area contributed by atoms with Crippen LogP contribution < -0.4 is 4.74 Å². The van der Waals surface area contributed by atoms with Crippen molar-refractivity contribution in [1.29, 1.82) is 0 Å². The fourth-order valence-corrected chi connectivity index (χ4v) is 8.68. The standard InChI is InChI=1S/C50H36O/c1-50(2)46-28-36(33-20-23-39(51-3)24-21-33)22-25-40(46)43-29-44-45(30-47(43)50)49(38-19-17-32-11-5-7-13-35(32)27-38)42-15-9-8-14-41(42)48(44)37-18-16-31-10-4-6-12-34(31)26-37/h4-30H,1-3H3. The van der Waals surface area contributed by atoms with Crippen molar-refractivity contribution in [1.82, 2.24) is 0 Å². The Morgan fingerprint density at radius 2 is 0.863 bits per heavy atom. The second-order valence-electron chi connectivity index (χ2n) is 14.5. The van der Waals surface area contributed by atoms with Crippen molar-refractivity contribution < 1.29 is 4.74 Å². The highest BCUT2D eigenvalue weighted by atomic mass is 16.5. The summed E-state index contributed by atoms with van der Waals surface area (Å²) in [5.41, 5.74) is 12.7. The molecule has 242 valence electrons. The lowest BCUT2D eigenvalue weighted by Crippen LogP contribution is -2.15. The molecule has 0 saturated heterocycles. The number of ether oxygens (including phenoxy) is 1. The van der Waals surface area contributed by atoms with Gasteiger partial charge in [-0.3, -0.25) is 0 Å². The van der Waals surface area contributed by atoms with E-state index in [2.05, 4.69) is 166 Å². The van der Waals surface area contributed by atoms with E-state index in [1.54, 1.807) is 7.11 Å². The highest BCUT2D eigenvalue weighted by molar-refractivity contribution is 6.23. The molecular weight excluding hydrogens is 617 g/mol. The average Bonchev–Trinajstić information content (AvgIpc) is 3.40. The maximum absolute atomic E-state index is 5.45. The van der Waals surface area contributed by atoms with E-state index >= 15 is 0 Å². The van der Waals surface area contributed by atoms with Crippen LogP contribution >= 0.6 is 0 Å². The topological polar surface area (TPSA) is 9.23 Å². The Labute approximate surface area is 298 Å². The van der Waals surface area contributed by atoms with Crippen molar-refractivity contribution >= 4 is 43.1 Å². The van der Waals surface area contributed by atoms with Gasteiger partial charge >= 0.3 is 0 Å². The first-order valence-electron chi connectivity index (χ1n) is 17.8. The highest BCUT2D eigenvalue weighted by Crippen LogP contribution is 2.54. The molecule has 0 bridgehead atoms. The number of hydrogen-bond donors (Lipinski definition) is 0. The zero-order valence-corrected chi connectivity index (χ0v) is 29.0. The van der Waals surface area contributed by atoms with Crippen LogP contribution in [0.2, 0.25) is 0 Å². The smallest absolute Gasteiger partial charge is 0.118 e. The summed E-state index contributed by atoms with van der Waals surface area (Å²) in [5.74, 6) is 0.871. The van der Waals surface area contributed by atoms with Gasteiger partial charge in [0.15, 0.2) is 0 Å². The zero-order valence-electron chi connectivity index (χ0n) is 29.0. The van der Waals surface area contributed by atoms with Gasteiger partial charge in [-0.25, -0.2) is 0 Å². The monoisotopic (exact) mass is 652 g/mol. The van der Waals surface area contributed by atoms with E-state index in [1.165, 1.54) is 98.7 Å². The van der Waals surface area contributed by atoms with Gasteiger partial charge in [-0.2, -0.15) is 0 Å². The number of hydrogen-bond acceptors (Lipinski definition) is 1. The van der Waals surface area contributed by atoms with Crippen LogP contribution in [0.5, 0.6) is 5.75 Å². The van der Waals surface area contributed by atoms with Crippen LogP contribution in [0.3, 0.4) is 0 Å². The molecule has 0 aliphatic heterocycles. The summed E-state index contributed by atoms with van der Waals surface area (Å²) in [6, 6.07) is 60.8. The molecule has 0 unspecified atom stereocenters. The van der Waals surface area contributed by atoms with Gasteiger partial charge in [-0.05, 0) is 141 Å². The first kappa shape index (κ1) is 29.7. The van der Waals surface area contributed by atoms with E-state index in [1.807, 2.05) is 12.1 Å². The fraction of sp³-hybridized carbons (Fsp3) is 0.0800. The molecule has 0 spiro atoms. The summed E-state index contributed by atoms with van der Waals surface area (Å²) in [4.78, 5) is 0. The Kier molecular flexibility index (Phi) is 6.51. The lowest BCUT2D eigenvalue weighted by Gasteiger charge is -2.24. The van der Waals surface area contributed by atoms with Crippen molar-refractivity contribution in [3.63, 3.8) is 0 Å². The molecule has 0 aromatic heterocycles. The highest BCUT2D eigenvalue weighted by Gasteiger charge is 2.37. The Morgan fingerprint density at radius 1 is 0.373 bits per heavy atom. The fourth-order valence-electron chi connectivity index (χ4n) is 8.68. The number of methoxy groups -OCH3 is 1. The molecule has 1 aliphatic carbocycles. The van der Waals surface area contributed by atoms with Crippen LogP contribution in [0.15, 0.2) is 164 Å². The van der Waals surface area contributed by atoms with Crippen LogP contribution in [0.25, 0.3) is 87.6 Å². The molecule has 0 N–H and O–H groups in total. The van der Waals surface area contributed by atoms with E-state index in [9.17, 15) is 0 Å². The molecule has 1 heteroatoms. The Bertz CT molecular complexity index is 2860. The molecule has 9 aromatic rings. The summed E-state index contributed by atoms with van der Waals surface area (Å²) < 4.78 is 5.45. The van der Waals surface area contributed by atoms with Gasteiger partial charge in [0.1, 0.15) is 5.75 Å². The molecule has 9 aromatic carbocycles. The van der Waals surface area contributed by atoms with Crippen LogP contribution in [-0.4, -0.2) is 7.11 Å². The van der Waals surface area contributed by atoms with Crippen molar-refractivity contribution in [2.24, 2.45) is 0 Å². The molecule has 0 saturated carbocycles. The van der Waals surface area contributed by atoms with E-state index in [0.717, 1.165) is 5.75 Å². The van der Waals surface area contributed by atoms with Crippen LogP contribution in [-0.2, 0) is 5.41 Å². The van der Waals surface area contributed by atoms with Gasteiger partial charge < -0.3 is 4.74 Å². The van der Waals surface area contributed by atoms with Gasteiger partial charge in [0.05, 0.1) is 7.11 Å². The minimum Gasteiger partial charge on any atom is -0.497 e. The van der Waals surface area contributed by atoms with Crippen molar-refractivity contribution in [2.45, 2.75) is 19.3 Å². The minimum atomic E-state index is -0.184. The summed E-state index contributed by atoms with van der Waals surface area (Å²) >= 11 is 0. The quantitative estimate of drug-likeness (QED) is 0.172. The number of benzene rings is 9. The Hall–Kier alpha value is -6.18. The maximum atomic E-state index is 5.45. The third kappa shape index (κ3) is 4.55. The zero-order chi connectivity index (χ0) is 34.3. The van der Waals surface area contributed by atoms with Gasteiger partial charge in [0.2, 0.25) is 0 Å². The SMILES string of the molecule is COc1ccc(-c2ccc3c(c2)C(C)(C)c2cc4c(-c5ccc6ccccc6c5)c5ccccc5c(-c5ccc6ccccc6c5)c4cc2-3)cc1. The van der Waals surface area contributed by atoms with Crippen LogP contribution in [0.4, 0.5) is 0 Å². The van der Waals surface area contributed by atoms with Crippen LogP contribution in [0, 0.1) is 0 Å². The summed E-state index contributed by atoms with van der Waals surface area (Å²) in [6.45, 7) is 4.78. The van der Waals surface area contributed by atoms with E-state index < -0.39 is 0 Å². The van der Waals surface area contributed by atoms with Gasteiger partial charge in [-0.15, -0.1) is 0 Å². The molecule has 10 rings (SSSR count). The maximum Gasteiger partial charge on any atom is 0.118 e. The second kappa shape index (κ2) is 11.2. The lowest BCUT2D eigenvalue weighted by molar-refractivity contribution is 0.415. The lowest BCUT2D eigenvalue weighted by atomic mass is 9.79. The molecule has 0 atom stereocenters. The first-order chi connectivity index (χ1) is 25.0. The molecule has 0 amide bonds. The number of rotatable bonds is 4. The third-order valence-electron chi connectivity index (χ3n) is 11.3. The van der Waals surface area contributed by atoms with Crippen molar-refractivity contribution in [2.75, 3.05) is 7.11 Å². The molecule has 1 nitrogen and oxygen atoms in total. The van der Waals surface area contributed by atoms with Gasteiger partial charge in [-0.1, -0.05) is 135 Å². The summed E-state index contributed by atoms with van der Waals surface area (Å²) in [5, 5.41) is 10.2. The Balaban J connectivity index is 1.29. The normalized spacial score (nSPS) is 13.2. The molecule has 51 heavy (non-hydrogen) atoms. The molecule has 0 radical (unpaired) electrons. The number of fused-ring (bicyclic) bond motifs is 7. The predicted molar refractivity (Wildman–Crippen MR) is 217 cm³/mol. The third-order valence-corrected chi connectivity index (χ3v) is 11.3. The average molecular weight is 653 g/mol. The Morgan fingerprint density at radius 3 is 1.45 bits per heavy atom. The van der Waals surface area contributed by atoms with Crippen molar-refractivity contribution in [3.8, 4) is 50.3 Å². The molecular formula is C50H36O.